The van der Waals surface area contributed by atoms with Gasteiger partial charge in [-0.2, -0.15) is 0 Å². The number of nitrogens with zero attached hydrogens (tertiary/aromatic N) is 5. The molecule has 3 fully saturated rings. The van der Waals surface area contributed by atoms with Crippen molar-refractivity contribution in [1.29, 1.82) is 0 Å². The maximum absolute atomic E-state index is 13.2. The zero-order valence-electron chi connectivity index (χ0n) is 17.2. The Bertz CT molecular complexity index is 869. The third-order valence-electron chi connectivity index (χ3n) is 6.79. The van der Waals surface area contributed by atoms with Gasteiger partial charge in [0.2, 0.25) is 5.91 Å². The molecule has 3 aliphatic heterocycles. The normalized spacial score (nSPS) is 24.4. The molecule has 1 amide bonds. The van der Waals surface area contributed by atoms with E-state index < -0.39 is 0 Å². The monoisotopic (exact) mass is 409 g/mol. The molecule has 30 heavy (non-hydrogen) atoms. The number of likely N-dealkylation sites (tertiary alicyclic amines) is 1. The molecule has 4 heterocycles. The van der Waals surface area contributed by atoms with Crippen molar-refractivity contribution < 1.29 is 9.18 Å². The number of benzene rings is 1. The Morgan fingerprint density at radius 1 is 0.967 bits per heavy atom. The minimum absolute atomic E-state index is 0.238. The largest absolute Gasteiger partial charge is 0.368 e. The van der Waals surface area contributed by atoms with Gasteiger partial charge in [-0.1, -0.05) is 18.2 Å². The molecule has 6 nitrogen and oxygen atoms in total. The molecule has 3 saturated heterocycles. The van der Waals surface area contributed by atoms with E-state index in [1.165, 1.54) is 18.0 Å². The summed E-state index contributed by atoms with van der Waals surface area (Å²) >= 11 is 0. The molecule has 3 aliphatic rings. The maximum atomic E-state index is 13.2. The highest BCUT2D eigenvalue weighted by Gasteiger charge is 2.42. The molecule has 5 rings (SSSR count). The molecule has 1 aromatic carbocycles. The second-order valence-corrected chi connectivity index (χ2v) is 8.53. The summed E-state index contributed by atoms with van der Waals surface area (Å²) < 4.78 is 13.2. The van der Waals surface area contributed by atoms with Crippen molar-refractivity contribution in [2.75, 3.05) is 62.2 Å². The first-order valence-electron chi connectivity index (χ1n) is 10.9. The summed E-state index contributed by atoms with van der Waals surface area (Å²) in [4.78, 5) is 26.1. The second-order valence-electron chi connectivity index (χ2n) is 8.53. The van der Waals surface area contributed by atoms with Crippen LogP contribution in [0, 0.1) is 11.7 Å². The minimum atomic E-state index is -0.308. The molecular formula is C23H28FN5O. The average molecular weight is 410 g/mol. The predicted octanol–water partition coefficient (Wildman–Crippen LogP) is 2.08. The van der Waals surface area contributed by atoms with Crippen LogP contribution in [0.1, 0.15) is 6.42 Å². The van der Waals surface area contributed by atoms with Crippen molar-refractivity contribution >= 4 is 17.4 Å². The van der Waals surface area contributed by atoms with Gasteiger partial charge < -0.3 is 14.7 Å². The van der Waals surface area contributed by atoms with Gasteiger partial charge in [-0.15, -0.1) is 0 Å². The van der Waals surface area contributed by atoms with E-state index in [0.717, 1.165) is 58.1 Å². The fraction of sp³-hybridized carbons (Fsp3) is 0.478. The van der Waals surface area contributed by atoms with Crippen LogP contribution >= 0.6 is 0 Å². The highest BCUT2D eigenvalue weighted by Crippen LogP contribution is 2.33. The Kier molecular flexibility index (Phi) is 5.29. The second kappa shape index (κ2) is 8.22. The molecule has 0 N–H and O–H groups in total. The first-order valence-corrected chi connectivity index (χ1v) is 10.9. The van der Waals surface area contributed by atoms with Crippen molar-refractivity contribution in [3.63, 3.8) is 0 Å². The van der Waals surface area contributed by atoms with E-state index in [-0.39, 0.29) is 11.7 Å². The Morgan fingerprint density at radius 2 is 1.77 bits per heavy atom. The fourth-order valence-corrected chi connectivity index (χ4v) is 5.11. The lowest BCUT2D eigenvalue weighted by Gasteiger charge is -2.37. The van der Waals surface area contributed by atoms with Crippen molar-refractivity contribution in [3.8, 4) is 0 Å². The van der Waals surface area contributed by atoms with Gasteiger partial charge in [0.25, 0.3) is 0 Å². The van der Waals surface area contributed by atoms with E-state index in [2.05, 4.69) is 43.9 Å². The van der Waals surface area contributed by atoms with E-state index in [9.17, 15) is 9.18 Å². The number of para-hydroxylation sites is 1. The summed E-state index contributed by atoms with van der Waals surface area (Å²) in [6.45, 7) is 6.59. The van der Waals surface area contributed by atoms with Crippen LogP contribution in [0.5, 0.6) is 0 Å². The number of hydrogen-bond acceptors (Lipinski definition) is 5. The van der Waals surface area contributed by atoms with Gasteiger partial charge in [0.15, 0.2) is 0 Å². The van der Waals surface area contributed by atoms with Gasteiger partial charge in [-0.3, -0.25) is 9.69 Å². The molecule has 0 aliphatic carbocycles. The number of carbonyl (C=O) groups is 1. The van der Waals surface area contributed by atoms with E-state index >= 15 is 0 Å². The predicted molar refractivity (Wildman–Crippen MR) is 115 cm³/mol. The van der Waals surface area contributed by atoms with E-state index in [1.54, 1.807) is 6.07 Å². The number of piperazine rings is 1. The summed E-state index contributed by atoms with van der Waals surface area (Å²) in [5, 5.41) is 0. The van der Waals surface area contributed by atoms with Crippen LogP contribution in [0.3, 0.4) is 0 Å². The highest BCUT2D eigenvalue weighted by atomic mass is 19.1. The van der Waals surface area contributed by atoms with Crippen LogP contribution in [-0.2, 0) is 4.79 Å². The highest BCUT2D eigenvalue weighted by molar-refractivity contribution is 5.78. The van der Waals surface area contributed by atoms with E-state index in [0.29, 0.717) is 18.5 Å². The lowest BCUT2D eigenvalue weighted by molar-refractivity contribution is -0.132. The Labute approximate surface area is 176 Å². The molecule has 0 radical (unpaired) electrons. The lowest BCUT2D eigenvalue weighted by atomic mass is 10.1. The van der Waals surface area contributed by atoms with Gasteiger partial charge in [0, 0.05) is 51.0 Å². The zero-order valence-corrected chi connectivity index (χ0v) is 17.2. The fourth-order valence-electron chi connectivity index (χ4n) is 5.11. The van der Waals surface area contributed by atoms with Gasteiger partial charge in [-0.25, -0.2) is 9.37 Å². The van der Waals surface area contributed by atoms with Gasteiger partial charge in [0.1, 0.15) is 11.6 Å². The summed E-state index contributed by atoms with van der Waals surface area (Å²) in [6.07, 6.45) is 2.39. The molecule has 2 unspecified atom stereocenters. The smallest absolute Gasteiger partial charge is 0.236 e. The summed E-state index contributed by atoms with van der Waals surface area (Å²) in [5.41, 5.74) is 1.23. The first kappa shape index (κ1) is 19.3. The van der Waals surface area contributed by atoms with Crippen LogP contribution in [0.15, 0.2) is 48.7 Å². The zero-order chi connectivity index (χ0) is 20.5. The number of pyridine rings is 1. The molecule has 1 aromatic heterocycles. The van der Waals surface area contributed by atoms with E-state index in [4.69, 9.17) is 0 Å². The Hall–Kier alpha value is -2.67. The number of carbonyl (C=O) groups excluding carboxylic acids is 1. The maximum Gasteiger partial charge on any atom is 0.236 e. The van der Waals surface area contributed by atoms with Crippen LogP contribution < -0.4 is 9.80 Å². The van der Waals surface area contributed by atoms with Crippen LogP contribution in [0.2, 0.25) is 0 Å². The number of aromatic nitrogens is 1. The molecule has 0 bridgehead atoms. The first-order chi connectivity index (χ1) is 14.7. The Morgan fingerprint density at radius 3 is 2.50 bits per heavy atom. The summed E-state index contributed by atoms with van der Waals surface area (Å²) in [6, 6.07) is 14.0. The number of halogens is 1. The van der Waals surface area contributed by atoms with Crippen LogP contribution in [0.25, 0.3) is 0 Å². The number of rotatable bonds is 4. The molecule has 2 aromatic rings. The van der Waals surface area contributed by atoms with E-state index in [1.807, 2.05) is 11.0 Å². The lowest BCUT2D eigenvalue weighted by Crippen LogP contribution is -2.52. The SMILES string of the molecule is O=C(CN1CCC2CN(c3ccc(F)cn3)CC21)N1CCN(c2ccccc2)CC1. The number of amides is 1. The van der Waals surface area contributed by atoms with Crippen LogP contribution in [0.4, 0.5) is 15.9 Å². The summed E-state index contributed by atoms with van der Waals surface area (Å²) in [7, 11) is 0. The Balaban J connectivity index is 1.15. The number of fused-ring (bicyclic) bond motifs is 1. The van der Waals surface area contributed by atoms with Crippen molar-refractivity contribution in [3.05, 3.63) is 54.5 Å². The number of anilines is 2. The third kappa shape index (κ3) is 3.86. The van der Waals surface area contributed by atoms with Crippen molar-refractivity contribution in [1.82, 2.24) is 14.8 Å². The average Bonchev–Trinajstić information content (AvgIpc) is 3.37. The van der Waals surface area contributed by atoms with Gasteiger partial charge in [0.05, 0.1) is 12.7 Å². The molecule has 7 heteroatoms. The topological polar surface area (TPSA) is 42.9 Å². The standard InChI is InChI=1S/C23H28FN5O/c24-19-6-7-22(25-14-19)29-15-18-8-9-28(21(18)16-29)17-23(30)27-12-10-26(11-13-27)20-4-2-1-3-5-20/h1-7,14,18,21H,8-13,15-17H2. The molecular weight excluding hydrogens is 381 g/mol. The molecule has 2 atom stereocenters. The quantitative estimate of drug-likeness (QED) is 0.774. The third-order valence-corrected chi connectivity index (χ3v) is 6.79. The molecule has 0 saturated carbocycles. The van der Waals surface area contributed by atoms with Crippen molar-refractivity contribution in [2.24, 2.45) is 5.92 Å². The number of hydrogen-bond donors (Lipinski definition) is 0. The molecule has 0 spiro atoms. The summed E-state index contributed by atoms with van der Waals surface area (Å²) in [5.74, 6) is 1.31. The minimum Gasteiger partial charge on any atom is -0.368 e. The van der Waals surface area contributed by atoms with Crippen LogP contribution in [-0.4, -0.2) is 79.1 Å². The van der Waals surface area contributed by atoms with Gasteiger partial charge in [-0.05, 0) is 43.1 Å². The van der Waals surface area contributed by atoms with Gasteiger partial charge >= 0.3 is 0 Å². The van der Waals surface area contributed by atoms with Crippen molar-refractivity contribution in [2.45, 2.75) is 12.5 Å². The molecule has 158 valence electrons.